The molecule has 0 radical (unpaired) electrons. The second-order valence-electron chi connectivity index (χ2n) is 4.61. The van der Waals surface area contributed by atoms with Crippen molar-refractivity contribution in [1.82, 2.24) is 10.2 Å². The van der Waals surface area contributed by atoms with Crippen molar-refractivity contribution in [2.45, 2.75) is 25.7 Å². The molecule has 2 rings (SSSR count). The van der Waals surface area contributed by atoms with Gasteiger partial charge in [-0.15, -0.1) is 5.10 Å². The van der Waals surface area contributed by atoms with Gasteiger partial charge < -0.3 is 5.32 Å². The molecule has 0 bridgehead atoms. The van der Waals surface area contributed by atoms with Crippen LogP contribution < -0.4 is 5.32 Å². The van der Waals surface area contributed by atoms with E-state index in [-0.39, 0.29) is 0 Å². The molecule has 102 valence electrons. The highest BCUT2D eigenvalue weighted by Crippen LogP contribution is 2.19. The van der Waals surface area contributed by atoms with Crippen LogP contribution in [0, 0.1) is 0 Å². The largest absolute Gasteiger partial charge is 0.368 e. The molecule has 0 fully saturated rings. The third kappa shape index (κ3) is 4.39. The number of benzene rings is 1. The molecule has 4 heteroatoms. The minimum absolute atomic E-state index is 0.905. The molecule has 0 amide bonds. The van der Waals surface area contributed by atoms with Crippen LogP contribution in [0.25, 0.3) is 10.8 Å². The van der Waals surface area contributed by atoms with E-state index < -0.39 is 0 Å². The predicted octanol–water partition coefficient (Wildman–Crippen LogP) is 3.97. The van der Waals surface area contributed by atoms with E-state index in [1.165, 1.54) is 31.4 Å². The third-order valence-corrected chi connectivity index (χ3v) is 3.84. The summed E-state index contributed by atoms with van der Waals surface area (Å²) in [4.78, 5) is 0. The Kier molecular flexibility index (Phi) is 5.95. The molecule has 0 saturated heterocycles. The van der Waals surface area contributed by atoms with Crippen LogP contribution in [0.15, 0.2) is 30.5 Å². The average molecular weight is 275 g/mol. The maximum absolute atomic E-state index is 4.19. The summed E-state index contributed by atoms with van der Waals surface area (Å²) in [6.45, 7) is 0.974. The fourth-order valence-electron chi connectivity index (χ4n) is 2.09. The highest BCUT2D eigenvalue weighted by Gasteiger charge is 2.01. The Hall–Kier alpha value is -1.29. The topological polar surface area (TPSA) is 37.8 Å². The van der Waals surface area contributed by atoms with Gasteiger partial charge in [0.25, 0.3) is 0 Å². The zero-order valence-electron chi connectivity index (χ0n) is 11.4. The molecule has 0 aliphatic rings. The summed E-state index contributed by atoms with van der Waals surface area (Å²) in [5.74, 6) is 2.18. The van der Waals surface area contributed by atoms with E-state index in [9.17, 15) is 0 Å². The summed E-state index contributed by atoms with van der Waals surface area (Å²) in [6.07, 6.45) is 9.10. The van der Waals surface area contributed by atoms with E-state index in [0.29, 0.717) is 0 Å². The molecular formula is C15H21N3S. The summed E-state index contributed by atoms with van der Waals surface area (Å²) in [5.41, 5.74) is 0. The second-order valence-corrected chi connectivity index (χ2v) is 5.60. The van der Waals surface area contributed by atoms with Crippen LogP contribution in [0.4, 0.5) is 5.82 Å². The number of unbranched alkanes of at least 4 members (excludes halogenated alkanes) is 3. The van der Waals surface area contributed by atoms with E-state index in [1.54, 1.807) is 0 Å². The van der Waals surface area contributed by atoms with Crippen molar-refractivity contribution in [1.29, 1.82) is 0 Å². The van der Waals surface area contributed by atoms with E-state index in [2.05, 4.69) is 33.9 Å². The zero-order valence-corrected chi connectivity index (χ0v) is 12.2. The number of nitrogens with one attached hydrogen (secondary N) is 1. The number of rotatable bonds is 8. The first-order chi connectivity index (χ1) is 9.42. The van der Waals surface area contributed by atoms with Crippen LogP contribution in [0.2, 0.25) is 0 Å². The van der Waals surface area contributed by atoms with Gasteiger partial charge in [-0.2, -0.15) is 16.9 Å². The maximum Gasteiger partial charge on any atom is 0.156 e. The Bertz CT molecular complexity index is 496. The van der Waals surface area contributed by atoms with E-state index in [1.807, 2.05) is 30.1 Å². The van der Waals surface area contributed by atoms with Crippen molar-refractivity contribution in [3.63, 3.8) is 0 Å². The molecule has 0 atom stereocenters. The van der Waals surface area contributed by atoms with Gasteiger partial charge in [0.2, 0.25) is 0 Å². The van der Waals surface area contributed by atoms with Gasteiger partial charge in [-0.3, -0.25) is 0 Å². The molecule has 0 saturated carbocycles. The van der Waals surface area contributed by atoms with Gasteiger partial charge in [0.05, 0.1) is 6.20 Å². The molecule has 3 nitrogen and oxygen atoms in total. The fraction of sp³-hybridized carbons (Fsp3) is 0.467. The van der Waals surface area contributed by atoms with E-state index in [4.69, 9.17) is 0 Å². The lowest BCUT2D eigenvalue weighted by molar-refractivity contribution is 0.688. The van der Waals surface area contributed by atoms with Gasteiger partial charge in [-0.1, -0.05) is 37.1 Å². The van der Waals surface area contributed by atoms with Crippen molar-refractivity contribution < 1.29 is 0 Å². The monoisotopic (exact) mass is 275 g/mol. The number of anilines is 1. The van der Waals surface area contributed by atoms with Crippen LogP contribution >= 0.6 is 11.8 Å². The van der Waals surface area contributed by atoms with Gasteiger partial charge in [0.15, 0.2) is 5.82 Å². The van der Waals surface area contributed by atoms with E-state index >= 15 is 0 Å². The number of aromatic nitrogens is 2. The molecule has 1 N–H and O–H groups in total. The summed E-state index contributed by atoms with van der Waals surface area (Å²) in [5, 5.41) is 13.9. The molecule has 0 unspecified atom stereocenters. The summed E-state index contributed by atoms with van der Waals surface area (Å²) in [7, 11) is 0. The number of hydrogen-bond donors (Lipinski definition) is 1. The number of thioether (sulfide) groups is 1. The molecule has 19 heavy (non-hydrogen) atoms. The molecular weight excluding hydrogens is 254 g/mol. The highest BCUT2D eigenvalue weighted by atomic mass is 32.2. The van der Waals surface area contributed by atoms with Gasteiger partial charge in [0, 0.05) is 17.3 Å². The average Bonchev–Trinajstić information content (AvgIpc) is 2.46. The van der Waals surface area contributed by atoms with Crippen molar-refractivity contribution in [2.24, 2.45) is 0 Å². The highest BCUT2D eigenvalue weighted by molar-refractivity contribution is 7.98. The standard InChI is InChI=1S/C15H21N3S/c1-19-11-7-3-2-6-10-16-15-14-9-5-4-8-13(14)12-17-18-15/h4-5,8-9,12H,2-3,6-7,10-11H2,1H3,(H,16,18). The fourth-order valence-corrected chi connectivity index (χ4v) is 2.58. The molecule has 0 aliphatic carbocycles. The molecule has 1 aromatic carbocycles. The van der Waals surface area contributed by atoms with Crippen LogP contribution in [0.3, 0.4) is 0 Å². The molecule has 2 aromatic rings. The van der Waals surface area contributed by atoms with Crippen LogP contribution in [-0.4, -0.2) is 28.8 Å². The lowest BCUT2D eigenvalue weighted by Crippen LogP contribution is -2.04. The summed E-state index contributed by atoms with van der Waals surface area (Å²) < 4.78 is 0. The molecule has 0 spiro atoms. The van der Waals surface area contributed by atoms with Gasteiger partial charge in [0.1, 0.15) is 0 Å². The lowest BCUT2D eigenvalue weighted by atomic mass is 10.2. The van der Waals surface area contributed by atoms with Gasteiger partial charge in [-0.25, -0.2) is 0 Å². The summed E-state index contributed by atoms with van der Waals surface area (Å²) in [6, 6.07) is 8.22. The van der Waals surface area contributed by atoms with Crippen LogP contribution in [0.1, 0.15) is 25.7 Å². The van der Waals surface area contributed by atoms with Gasteiger partial charge in [-0.05, 0) is 24.9 Å². The van der Waals surface area contributed by atoms with Crippen molar-refractivity contribution in [2.75, 3.05) is 23.9 Å². The number of hydrogen-bond acceptors (Lipinski definition) is 4. The zero-order chi connectivity index (χ0) is 13.3. The van der Waals surface area contributed by atoms with E-state index in [0.717, 1.165) is 23.1 Å². The van der Waals surface area contributed by atoms with Crippen molar-refractivity contribution in [3.05, 3.63) is 30.5 Å². The smallest absolute Gasteiger partial charge is 0.156 e. The normalized spacial score (nSPS) is 10.8. The van der Waals surface area contributed by atoms with Crippen LogP contribution in [0.5, 0.6) is 0 Å². The lowest BCUT2D eigenvalue weighted by Gasteiger charge is -2.07. The minimum atomic E-state index is 0.905. The van der Waals surface area contributed by atoms with Crippen molar-refractivity contribution in [3.8, 4) is 0 Å². The number of nitrogens with zero attached hydrogens (tertiary/aromatic N) is 2. The quantitative estimate of drug-likeness (QED) is 0.740. The minimum Gasteiger partial charge on any atom is -0.368 e. The molecule has 1 heterocycles. The second kappa shape index (κ2) is 8.00. The Labute approximate surface area is 119 Å². The molecule has 0 aliphatic heterocycles. The first kappa shape index (κ1) is 14.1. The van der Waals surface area contributed by atoms with Crippen molar-refractivity contribution >= 4 is 28.4 Å². The Morgan fingerprint density at radius 2 is 1.95 bits per heavy atom. The predicted molar refractivity (Wildman–Crippen MR) is 84.9 cm³/mol. The maximum atomic E-state index is 4.19. The molecule has 1 aromatic heterocycles. The Morgan fingerprint density at radius 1 is 1.11 bits per heavy atom. The summed E-state index contributed by atoms with van der Waals surface area (Å²) >= 11 is 1.93. The first-order valence-electron chi connectivity index (χ1n) is 6.85. The third-order valence-electron chi connectivity index (χ3n) is 3.14. The Balaban J connectivity index is 1.78. The van der Waals surface area contributed by atoms with Crippen LogP contribution in [-0.2, 0) is 0 Å². The number of fused-ring (bicyclic) bond motifs is 1. The Morgan fingerprint density at radius 3 is 2.84 bits per heavy atom. The van der Waals surface area contributed by atoms with Gasteiger partial charge >= 0.3 is 0 Å². The first-order valence-corrected chi connectivity index (χ1v) is 8.24. The SMILES string of the molecule is CSCCCCCCNc1nncc2ccccc12.